The van der Waals surface area contributed by atoms with Gasteiger partial charge in [0.2, 0.25) is 5.95 Å². The zero-order valence-electron chi connectivity index (χ0n) is 19.5. The Balaban J connectivity index is 1.47. The van der Waals surface area contributed by atoms with Crippen LogP contribution in [0.25, 0.3) is 22.3 Å². The molecule has 0 bridgehead atoms. The van der Waals surface area contributed by atoms with Crippen LogP contribution in [0.1, 0.15) is 25.7 Å². The van der Waals surface area contributed by atoms with Crippen molar-refractivity contribution < 1.29 is 0 Å². The maximum absolute atomic E-state index is 5.22. The fraction of sp³-hybridized carbons (Fsp3) is 0.538. The van der Waals surface area contributed by atoms with Crippen molar-refractivity contribution in [2.45, 2.75) is 32.2 Å². The summed E-state index contributed by atoms with van der Waals surface area (Å²) in [6.07, 6.45) is 4.97. The maximum atomic E-state index is 5.22. The lowest BCUT2D eigenvalue weighted by molar-refractivity contribution is 0.233. The number of nitrogens with one attached hydrogen (secondary N) is 1. The average molecular weight is 446 g/mol. The van der Waals surface area contributed by atoms with Gasteiger partial charge in [0.05, 0.1) is 11.1 Å². The van der Waals surface area contributed by atoms with Crippen LogP contribution in [0, 0.1) is 0 Å². The summed E-state index contributed by atoms with van der Waals surface area (Å²) < 4.78 is 2.47. The Bertz CT molecular complexity index is 1070. The third-order valence-corrected chi connectivity index (χ3v) is 7.43. The second-order valence-corrected chi connectivity index (χ2v) is 9.61. The molecule has 1 aromatic carbocycles. The molecule has 0 aliphatic carbocycles. The van der Waals surface area contributed by atoms with Crippen LogP contribution in [0.4, 0.5) is 11.8 Å². The van der Waals surface area contributed by atoms with Crippen LogP contribution in [0.3, 0.4) is 0 Å². The van der Waals surface area contributed by atoms with Crippen LogP contribution < -0.4 is 15.1 Å². The number of fused-ring (bicyclic) bond motifs is 1. The van der Waals surface area contributed by atoms with Gasteiger partial charge in [-0.05, 0) is 37.3 Å². The third-order valence-electron chi connectivity index (χ3n) is 7.43. The highest BCUT2D eigenvalue weighted by Crippen LogP contribution is 2.35. The monoisotopic (exact) mass is 445 g/mol. The molecule has 3 aliphatic heterocycles. The molecule has 3 fully saturated rings. The molecule has 0 saturated carbocycles. The van der Waals surface area contributed by atoms with E-state index in [1.165, 1.54) is 42.3 Å². The zero-order chi connectivity index (χ0) is 22.0. The molecule has 3 saturated heterocycles. The van der Waals surface area contributed by atoms with Crippen LogP contribution in [0.2, 0.25) is 0 Å². The second-order valence-electron chi connectivity index (χ2n) is 9.61. The molecule has 5 heterocycles. The summed E-state index contributed by atoms with van der Waals surface area (Å²) in [6.45, 7) is 10.7. The number of piperazine rings is 1. The molecule has 3 aromatic rings. The Labute approximate surface area is 196 Å². The summed E-state index contributed by atoms with van der Waals surface area (Å²) in [6, 6.07) is 13.2. The van der Waals surface area contributed by atoms with Gasteiger partial charge in [0.15, 0.2) is 0 Å². The highest BCUT2D eigenvalue weighted by Gasteiger charge is 2.25. The first kappa shape index (κ1) is 20.9. The number of nitrogens with zero attached hydrogens (tertiary/aromatic N) is 6. The Morgan fingerprint density at radius 3 is 2.18 bits per heavy atom. The normalized spacial score (nSPS) is 19.8. The lowest BCUT2D eigenvalue weighted by Gasteiger charge is -2.27. The van der Waals surface area contributed by atoms with Crippen molar-refractivity contribution in [3.63, 3.8) is 0 Å². The number of aromatic nitrogens is 3. The lowest BCUT2D eigenvalue weighted by atomic mass is 10.1. The van der Waals surface area contributed by atoms with Crippen molar-refractivity contribution in [3.8, 4) is 11.3 Å². The summed E-state index contributed by atoms with van der Waals surface area (Å²) in [4.78, 5) is 17.8. The van der Waals surface area contributed by atoms with Gasteiger partial charge < -0.3 is 19.7 Å². The van der Waals surface area contributed by atoms with Gasteiger partial charge in [-0.15, -0.1) is 0 Å². The minimum absolute atomic E-state index is 0.919. The van der Waals surface area contributed by atoms with Gasteiger partial charge in [0.25, 0.3) is 0 Å². The van der Waals surface area contributed by atoms with Gasteiger partial charge in [0, 0.05) is 65.4 Å². The SMILES string of the molecule is c1ccc(-c2cc3c(N4CCCC4)nc(N4CCCC4)nc3n2CCN2CCNCC2)cc1. The molecule has 0 atom stereocenters. The summed E-state index contributed by atoms with van der Waals surface area (Å²) >= 11 is 0. The highest BCUT2D eigenvalue weighted by atomic mass is 15.3. The van der Waals surface area contributed by atoms with E-state index in [4.69, 9.17) is 9.97 Å². The lowest BCUT2D eigenvalue weighted by Crippen LogP contribution is -2.44. The molecule has 6 rings (SSSR count). The molecular formula is C26H35N7. The highest BCUT2D eigenvalue weighted by molar-refractivity contribution is 5.94. The van der Waals surface area contributed by atoms with E-state index in [2.05, 4.69) is 61.0 Å². The van der Waals surface area contributed by atoms with Crippen molar-refractivity contribution in [1.29, 1.82) is 0 Å². The first-order valence-corrected chi connectivity index (χ1v) is 12.8. The van der Waals surface area contributed by atoms with Crippen LogP contribution in [-0.4, -0.2) is 78.3 Å². The topological polar surface area (TPSA) is 52.5 Å². The average Bonchev–Trinajstić information content (AvgIpc) is 3.65. The summed E-state index contributed by atoms with van der Waals surface area (Å²) in [5.74, 6) is 2.06. The Hall–Kier alpha value is -2.64. The molecule has 7 nitrogen and oxygen atoms in total. The van der Waals surface area contributed by atoms with Crippen molar-refractivity contribution >= 4 is 22.8 Å². The molecule has 0 radical (unpaired) electrons. The van der Waals surface area contributed by atoms with Gasteiger partial charge in [-0.2, -0.15) is 9.97 Å². The number of anilines is 2. The van der Waals surface area contributed by atoms with Gasteiger partial charge in [-0.25, -0.2) is 0 Å². The molecule has 0 amide bonds. The van der Waals surface area contributed by atoms with Crippen LogP contribution >= 0.6 is 0 Å². The molecule has 2 aromatic heterocycles. The maximum Gasteiger partial charge on any atom is 0.229 e. The molecule has 0 unspecified atom stereocenters. The quantitative estimate of drug-likeness (QED) is 0.629. The fourth-order valence-electron chi connectivity index (χ4n) is 5.58. The van der Waals surface area contributed by atoms with Crippen LogP contribution in [0.5, 0.6) is 0 Å². The number of hydrogen-bond acceptors (Lipinski definition) is 6. The van der Waals surface area contributed by atoms with E-state index >= 15 is 0 Å². The van der Waals surface area contributed by atoms with E-state index in [1.54, 1.807) is 0 Å². The van der Waals surface area contributed by atoms with E-state index in [0.29, 0.717) is 0 Å². The smallest absolute Gasteiger partial charge is 0.229 e. The third kappa shape index (κ3) is 4.20. The van der Waals surface area contributed by atoms with Crippen molar-refractivity contribution in [2.24, 2.45) is 0 Å². The summed E-state index contributed by atoms with van der Waals surface area (Å²) in [7, 11) is 0. The predicted octanol–water partition coefficient (Wildman–Crippen LogP) is 3.20. The van der Waals surface area contributed by atoms with E-state index in [0.717, 1.165) is 82.9 Å². The summed E-state index contributed by atoms with van der Waals surface area (Å²) in [5, 5.41) is 4.68. The van der Waals surface area contributed by atoms with Gasteiger partial charge in [0.1, 0.15) is 11.5 Å². The molecule has 1 N–H and O–H groups in total. The van der Waals surface area contributed by atoms with E-state index in [9.17, 15) is 0 Å². The second kappa shape index (κ2) is 9.31. The van der Waals surface area contributed by atoms with E-state index < -0.39 is 0 Å². The van der Waals surface area contributed by atoms with E-state index in [1.807, 2.05) is 0 Å². The largest absolute Gasteiger partial charge is 0.356 e. The summed E-state index contributed by atoms with van der Waals surface area (Å²) in [5.41, 5.74) is 3.61. The minimum atomic E-state index is 0.919. The first-order chi connectivity index (χ1) is 16.4. The standard InChI is InChI=1S/C26H35N7/c1-2-8-21(9-3-1)23-20-22-24(31-12-4-5-13-31)28-26(32-14-6-7-15-32)29-25(22)33(23)19-18-30-16-10-27-11-17-30/h1-3,8-9,20,27H,4-7,10-19H2. The van der Waals surface area contributed by atoms with Crippen LogP contribution in [-0.2, 0) is 6.54 Å². The minimum Gasteiger partial charge on any atom is -0.356 e. The molecule has 3 aliphatic rings. The molecule has 7 heteroatoms. The van der Waals surface area contributed by atoms with Gasteiger partial charge in [-0.3, -0.25) is 4.90 Å². The predicted molar refractivity (Wildman–Crippen MR) is 135 cm³/mol. The molecular weight excluding hydrogens is 410 g/mol. The Kier molecular flexibility index (Phi) is 5.91. The fourth-order valence-corrected chi connectivity index (χ4v) is 5.58. The van der Waals surface area contributed by atoms with Crippen molar-refractivity contribution in [3.05, 3.63) is 36.4 Å². The van der Waals surface area contributed by atoms with Crippen LogP contribution in [0.15, 0.2) is 36.4 Å². The Morgan fingerprint density at radius 1 is 0.758 bits per heavy atom. The van der Waals surface area contributed by atoms with Gasteiger partial charge >= 0.3 is 0 Å². The number of benzene rings is 1. The molecule has 174 valence electrons. The number of rotatable bonds is 6. The van der Waals surface area contributed by atoms with Crippen molar-refractivity contribution in [1.82, 2.24) is 24.8 Å². The Morgan fingerprint density at radius 2 is 1.45 bits per heavy atom. The van der Waals surface area contributed by atoms with E-state index in [-0.39, 0.29) is 0 Å². The molecule has 0 spiro atoms. The van der Waals surface area contributed by atoms with Crippen molar-refractivity contribution in [2.75, 3.05) is 68.7 Å². The van der Waals surface area contributed by atoms with Gasteiger partial charge in [-0.1, -0.05) is 30.3 Å². The zero-order valence-corrected chi connectivity index (χ0v) is 19.5. The number of hydrogen-bond donors (Lipinski definition) is 1. The first-order valence-electron chi connectivity index (χ1n) is 12.8. The molecule has 33 heavy (non-hydrogen) atoms.